The summed E-state index contributed by atoms with van der Waals surface area (Å²) in [5.74, 6) is -0.0145. The molecule has 1 heterocycles. The molecule has 1 saturated heterocycles. The van der Waals surface area contributed by atoms with Crippen LogP contribution in [0.2, 0.25) is 0 Å². The summed E-state index contributed by atoms with van der Waals surface area (Å²) in [6.45, 7) is 15.4. The SMILES string of the molecule is C=C(NS(=O)(=O)CC)C(C)(C)c1ccc(O[C@@H]2CC[C@@H](CC(=O)[C@@]3(F)CNC4(CCCC4)C3)C2)c(-c2cccc(F)c2CC)c1.CC. The molecule has 0 bridgehead atoms. The van der Waals surface area contributed by atoms with E-state index in [-0.39, 0.29) is 54.3 Å². The van der Waals surface area contributed by atoms with E-state index >= 15 is 4.39 Å². The number of rotatable bonds is 12. The molecule has 3 atom stereocenters. The zero-order valence-corrected chi connectivity index (χ0v) is 29.9. The molecule has 1 aliphatic heterocycles. The summed E-state index contributed by atoms with van der Waals surface area (Å²) in [7, 11) is -3.52. The number of ether oxygens (including phenoxy) is 1. The first kappa shape index (κ1) is 37.0. The first-order valence-corrected chi connectivity index (χ1v) is 19.1. The highest BCUT2D eigenvalue weighted by atomic mass is 32.2. The molecule has 2 N–H and O–H groups in total. The molecule has 2 aromatic carbocycles. The number of hydrogen-bond donors (Lipinski definition) is 2. The fourth-order valence-electron chi connectivity index (χ4n) is 7.50. The normalized spacial score (nSPS) is 23.7. The number of carbonyl (C=O) groups excluding carboxylic acids is 1. The Morgan fingerprint density at radius 3 is 2.47 bits per heavy atom. The van der Waals surface area contributed by atoms with E-state index in [4.69, 9.17) is 4.74 Å². The Morgan fingerprint density at radius 2 is 1.81 bits per heavy atom. The Balaban J connectivity index is 0.00000245. The first-order valence-electron chi connectivity index (χ1n) is 17.5. The third-order valence-electron chi connectivity index (χ3n) is 10.6. The van der Waals surface area contributed by atoms with Gasteiger partial charge in [0.2, 0.25) is 10.0 Å². The van der Waals surface area contributed by atoms with Gasteiger partial charge < -0.3 is 10.1 Å². The van der Waals surface area contributed by atoms with Crippen molar-refractivity contribution in [2.75, 3.05) is 12.3 Å². The van der Waals surface area contributed by atoms with Gasteiger partial charge in [0, 0.05) is 41.6 Å². The number of ketones is 1. The summed E-state index contributed by atoms with van der Waals surface area (Å²) in [6, 6.07) is 10.7. The smallest absolute Gasteiger partial charge is 0.232 e. The number of alkyl halides is 1. The standard InChI is InChI=1S/C36H48F2N2O4S.C2H6/c1-6-28-29(11-10-12-31(28)37)30-21-26(34(4,5)24(3)40-45(42,43)7-2)14-16-32(30)44-27-15-13-25(19-27)20-33(41)36(38)22-35(39-23-36)17-8-9-18-35;1-2/h10-12,14,16,21,25,27,39-40H,3,6-9,13,15,17-20,22-23H2,1-2,4-5H3;1-2H3/t25-,27-,36+;/m1./s1. The number of halogens is 2. The molecular weight excluding hydrogens is 618 g/mol. The van der Waals surface area contributed by atoms with Crippen LogP contribution in [0.25, 0.3) is 11.1 Å². The third-order valence-corrected chi connectivity index (χ3v) is 11.9. The first-order chi connectivity index (χ1) is 22.2. The minimum absolute atomic E-state index is 0.0483. The zero-order chi connectivity index (χ0) is 34.6. The summed E-state index contributed by atoms with van der Waals surface area (Å²) >= 11 is 0. The lowest BCUT2D eigenvalue weighted by atomic mass is 9.80. The van der Waals surface area contributed by atoms with Gasteiger partial charge in [-0.2, -0.15) is 0 Å². The van der Waals surface area contributed by atoms with Gasteiger partial charge in [0.05, 0.1) is 11.9 Å². The van der Waals surface area contributed by atoms with Crippen molar-refractivity contribution in [3.05, 3.63) is 65.6 Å². The molecule has 1 spiro atoms. The zero-order valence-electron chi connectivity index (χ0n) is 29.1. The highest BCUT2D eigenvalue weighted by Crippen LogP contribution is 2.45. The number of hydrogen-bond acceptors (Lipinski definition) is 5. The van der Waals surface area contributed by atoms with Crippen LogP contribution in [0.15, 0.2) is 48.7 Å². The summed E-state index contributed by atoms with van der Waals surface area (Å²) in [5, 5.41) is 3.35. The van der Waals surface area contributed by atoms with Gasteiger partial charge in [-0.3, -0.25) is 9.52 Å². The Hall–Kier alpha value is -2.78. The molecule has 0 amide bonds. The average molecular weight is 673 g/mol. The highest BCUT2D eigenvalue weighted by Gasteiger charge is 2.53. The van der Waals surface area contributed by atoms with Crippen LogP contribution in [0.5, 0.6) is 5.75 Å². The Morgan fingerprint density at radius 1 is 1.11 bits per heavy atom. The lowest BCUT2D eigenvalue weighted by Gasteiger charge is -2.30. The van der Waals surface area contributed by atoms with Crippen molar-refractivity contribution in [3.63, 3.8) is 0 Å². The van der Waals surface area contributed by atoms with Crippen LogP contribution in [0.4, 0.5) is 8.78 Å². The number of benzene rings is 2. The van der Waals surface area contributed by atoms with Gasteiger partial charge >= 0.3 is 0 Å². The van der Waals surface area contributed by atoms with Crippen molar-refractivity contribution < 1.29 is 26.7 Å². The van der Waals surface area contributed by atoms with Gasteiger partial charge in [-0.1, -0.05) is 72.2 Å². The van der Waals surface area contributed by atoms with Gasteiger partial charge in [0.1, 0.15) is 11.6 Å². The summed E-state index contributed by atoms with van der Waals surface area (Å²) in [5.41, 5.74) is 0.357. The predicted octanol–water partition coefficient (Wildman–Crippen LogP) is 8.33. The minimum Gasteiger partial charge on any atom is -0.490 e. The van der Waals surface area contributed by atoms with Gasteiger partial charge in [0.25, 0.3) is 0 Å². The molecule has 3 fully saturated rings. The number of sulfonamides is 1. The van der Waals surface area contributed by atoms with E-state index in [9.17, 15) is 17.6 Å². The van der Waals surface area contributed by atoms with Gasteiger partial charge in [-0.05, 0) is 86.3 Å². The molecule has 5 rings (SSSR count). The summed E-state index contributed by atoms with van der Waals surface area (Å²) in [6.07, 6.45) is 7.04. The van der Waals surface area contributed by atoms with Crippen LogP contribution in [0.1, 0.15) is 110 Å². The van der Waals surface area contributed by atoms with Crippen molar-refractivity contribution in [1.29, 1.82) is 0 Å². The van der Waals surface area contributed by atoms with Crippen molar-refractivity contribution in [3.8, 4) is 16.9 Å². The molecule has 0 radical (unpaired) electrons. The lowest BCUT2D eigenvalue weighted by molar-refractivity contribution is -0.130. The molecule has 3 aliphatic rings. The van der Waals surface area contributed by atoms with E-state index in [0.717, 1.165) is 44.1 Å². The van der Waals surface area contributed by atoms with Crippen molar-refractivity contribution in [2.24, 2.45) is 5.92 Å². The van der Waals surface area contributed by atoms with Crippen molar-refractivity contribution in [1.82, 2.24) is 10.0 Å². The summed E-state index contributed by atoms with van der Waals surface area (Å²) < 4.78 is 64.6. The second kappa shape index (κ2) is 14.8. The molecule has 260 valence electrons. The maximum absolute atomic E-state index is 15.8. The van der Waals surface area contributed by atoms with E-state index in [2.05, 4.69) is 16.6 Å². The van der Waals surface area contributed by atoms with Crippen LogP contribution in [0, 0.1) is 11.7 Å². The predicted molar refractivity (Wildman–Crippen MR) is 186 cm³/mol. The minimum atomic E-state index is -3.52. The molecule has 9 heteroatoms. The van der Waals surface area contributed by atoms with Crippen LogP contribution in [-0.2, 0) is 26.7 Å². The van der Waals surface area contributed by atoms with Crippen LogP contribution in [-0.4, -0.2) is 43.8 Å². The largest absolute Gasteiger partial charge is 0.490 e. The third kappa shape index (κ3) is 8.10. The molecular formula is C38H54F2N2O4S. The Bertz CT molecular complexity index is 1550. The lowest BCUT2D eigenvalue weighted by Crippen LogP contribution is -2.37. The van der Waals surface area contributed by atoms with Crippen LogP contribution >= 0.6 is 0 Å². The molecule has 47 heavy (non-hydrogen) atoms. The quantitative estimate of drug-likeness (QED) is 0.237. The van der Waals surface area contributed by atoms with E-state index in [1.807, 2.05) is 58.9 Å². The maximum atomic E-state index is 15.8. The molecule has 6 nitrogen and oxygen atoms in total. The van der Waals surface area contributed by atoms with E-state index < -0.39 is 21.1 Å². The van der Waals surface area contributed by atoms with E-state index in [0.29, 0.717) is 41.0 Å². The Labute approximate surface area is 281 Å². The number of carbonyl (C=O) groups is 1. The van der Waals surface area contributed by atoms with Gasteiger partial charge in [-0.15, -0.1) is 0 Å². The van der Waals surface area contributed by atoms with Crippen molar-refractivity contribution >= 4 is 15.8 Å². The number of allylic oxidation sites excluding steroid dienone is 1. The van der Waals surface area contributed by atoms with Crippen molar-refractivity contribution in [2.45, 2.75) is 128 Å². The number of nitrogens with one attached hydrogen (secondary N) is 2. The molecule has 2 saturated carbocycles. The fraction of sp³-hybridized carbons (Fsp3) is 0.605. The highest BCUT2D eigenvalue weighted by molar-refractivity contribution is 7.89. The van der Waals surface area contributed by atoms with Crippen LogP contribution < -0.4 is 14.8 Å². The van der Waals surface area contributed by atoms with E-state index in [1.54, 1.807) is 13.0 Å². The average Bonchev–Trinajstić information content (AvgIpc) is 3.78. The monoisotopic (exact) mass is 672 g/mol. The fourth-order valence-corrected chi connectivity index (χ4v) is 8.28. The maximum Gasteiger partial charge on any atom is 0.232 e. The molecule has 0 aromatic heterocycles. The topological polar surface area (TPSA) is 84.5 Å². The van der Waals surface area contributed by atoms with E-state index in [1.165, 1.54) is 6.07 Å². The van der Waals surface area contributed by atoms with Gasteiger partial charge in [-0.25, -0.2) is 17.2 Å². The molecule has 2 aromatic rings. The Kier molecular flexibility index (Phi) is 11.6. The second-order valence-electron chi connectivity index (χ2n) is 14.0. The summed E-state index contributed by atoms with van der Waals surface area (Å²) in [4.78, 5) is 13.2. The molecule has 0 unspecified atom stereocenters. The number of Topliss-reactive ketones (excluding diaryl/α,β-unsaturated/α-hetero) is 1. The van der Waals surface area contributed by atoms with Gasteiger partial charge in [0.15, 0.2) is 11.5 Å². The second-order valence-corrected chi connectivity index (χ2v) is 16.0. The molecule has 2 aliphatic carbocycles. The van der Waals surface area contributed by atoms with Crippen LogP contribution in [0.3, 0.4) is 0 Å².